The Morgan fingerprint density at radius 3 is 1.91 bits per heavy atom. The Hall–Kier alpha value is -0.0800. The monoisotopic (exact) mass is 158 g/mol. The van der Waals surface area contributed by atoms with Crippen LogP contribution in [0.25, 0.3) is 0 Å². The molecule has 0 aliphatic rings. The lowest BCUT2D eigenvalue weighted by Crippen LogP contribution is -2.41. The van der Waals surface area contributed by atoms with Crippen molar-refractivity contribution in [2.75, 3.05) is 13.6 Å². The molecule has 11 heavy (non-hydrogen) atoms. The smallest absolute Gasteiger partial charge is 0.0191 e. The summed E-state index contributed by atoms with van der Waals surface area (Å²) in [6.07, 6.45) is 0. The van der Waals surface area contributed by atoms with Gasteiger partial charge in [-0.1, -0.05) is 13.8 Å². The molecule has 0 aromatic heterocycles. The van der Waals surface area contributed by atoms with Gasteiger partial charge in [0, 0.05) is 18.6 Å². The van der Waals surface area contributed by atoms with Crippen molar-refractivity contribution in [3.63, 3.8) is 0 Å². The van der Waals surface area contributed by atoms with Crippen molar-refractivity contribution in [1.29, 1.82) is 0 Å². The van der Waals surface area contributed by atoms with Gasteiger partial charge >= 0.3 is 0 Å². The zero-order valence-corrected chi connectivity index (χ0v) is 8.46. The van der Waals surface area contributed by atoms with Crippen LogP contribution in [0.1, 0.15) is 27.7 Å². The van der Waals surface area contributed by atoms with E-state index in [1.54, 1.807) is 0 Å². The maximum atomic E-state index is 5.91. The number of nitrogens with two attached hydrogens (primary N) is 1. The van der Waals surface area contributed by atoms with Gasteiger partial charge in [-0.2, -0.15) is 0 Å². The van der Waals surface area contributed by atoms with E-state index >= 15 is 0 Å². The van der Waals surface area contributed by atoms with Gasteiger partial charge in [-0.25, -0.2) is 0 Å². The van der Waals surface area contributed by atoms with Crippen LogP contribution in [-0.4, -0.2) is 30.6 Å². The van der Waals surface area contributed by atoms with Crippen molar-refractivity contribution in [3.8, 4) is 0 Å². The van der Waals surface area contributed by atoms with Gasteiger partial charge in [0.05, 0.1) is 0 Å². The van der Waals surface area contributed by atoms with Gasteiger partial charge in [0.1, 0.15) is 0 Å². The quantitative estimate of drug-likeness (QED) is 0.668. The van der Waals surface area contributed by atoms with Gasteiger partial charge in [-0.3, -0.25) is 0 Å². The first-order valence-electron chi connectivity index (χ1n) is 4.41. The molecule has 0 aliphatic heterocycles. The maximum Gasteiger partial charge on any atom is 0.0191 e. The van der Waals surface area contributed by atoms with E-state index in [-0.39, 0.29) is 0 Å². The highest BCUT2D eigenvalue weighted by atomic mass is 15.1. The van der Waals surface area contributed by atoms with Crippen LogP contribution in [0.2, 0.25) is 0 Å². The minimum atomic E-state index is 0.308. The molecule has 0 amide bonds. The predicted molar refractivity (Wildman–Crippen MR) is 50.6 cm³/mol. The van der Waals surface area contributed by atoms with E-state index in [2.05, 4.69) is 39.6 Å². The summed E-state index contributed by atoms with van der Waals surface area (Å²) in [5, 5.41) is 0. The minimum absolute atomic E-state index is 0.308. The fourth-order valence-corrected chi connectivity index (χ4v) is 0.754. The van der Waals surface area contributed by atoms with E-state index in [4.69, 9.17) is 5.73 Å². The summed E-state index contributed by atoms with van der Waals surface area (Å²) in [4.78, 5) is 2.28. The third kappa shape index (κ3) is 4.38. The molecular weight excluding hydrogens is 136 g/mol. The summed E-state index contributed by atoms with van der Waals surface area (Å²) in [5.74, 6) is 0.580. The molecule has 2 N–H and O–H groups in total. The second-order valence-electron chi connectivity index (χ2n) is 3.94. The first-order chi connectivity index (χ1) is 4.95. The molecular formula is C9H22N2. The zero-order chi connectivity index (χ0) is 9.02. The summed E-state index contributed by atoms with van der Waals surface area (Å²) in [5.41, 5.74) is 5.91. The summed E-state index contributed by atoms with van der Waals surface area (Å²) in [6.45, 7) is 9.70. The van der Waals surface area contributed by atoms with Crippen LogP contribution in [-0.2, 0) is 0 Å². The van der Waals surface area contributed by atoms with Crippen LogP contribution in [0.5, 0.6) is 0 Å². The number of rotatable bonds is 4. The number of likely N-dealkylation sites (N-methyl/N-ethyl adjacent to an activating group) is 1. The lowest BCUT2D eigenvalue weighted by molar-refractivity contribution is 0.238. The van der Waals surface area contributed by atoms with Gasteiger partial charge in [0.2, 0.25) is 0 Å². The third-order valence-corrected chi connectivity index (χ3v) is 2.24. The summed E-state index contributed by atoms with van der Waals surface area (Å²) in [7, 11) is 2.12. The van der Waals surface area contributed by atoms with E-state index in [0.717, 1.165) is 6.54 Å². The average molecular weight is 158 g/mol. The average Bonchev–Trinajstić information content (AvgIpc) is 1.87. The number of hydrogen-bond acceptors (Lipinski definition) is 2. The van der Waals surface area contributed by atoms with E-state index < -0.39 is 0 Å². The Bertz CT molecular complexity index is 87.7. The van der Waals surface area contributed by atoms with Gasteiger partial charge < -0.3 is 10.6 Å². The summed E-state index contributed by atoms with van der Waals surface area (Å²) < 4.78 is 0. The van der Waals surface area contributed by atoms with Crippen LogP contribution in [0.4, 0.5) is 0 Å². The first kappa shape index (κ1) is 10.9. The van der Waals surface area contributed by atoms with E-state index in [1.807, 2.05) is 0 Å². The molecule has 2 heteroatoms. The largest absolute Gasteiger partial charge is 0.326 e. The highest BCUT2D eigenvalue weighted by Crippen LogP contribution is 2.02. The van der Waals surface area contributed by atoms with E-state index in [9.17, 15) is 0 Å². The van der Waals surface area contributed by atoms with Crippen molar-refractivity contribution < 1.29 is 0 Å². The van der Waals surface area contributed by atoms with E-state index in [1.165, 1.54) is 0 Å². The molecule has 0 aromatic rings. The molecule has 0 heterocycles. The zero-order valence-electron chi connectivity index (χ0n) is 8.46. The Balaban J connectivity index is 3.66. The molecule has 0 rings (SSSR count). The molecule has 0 aliphatic carbocycles. The molecule has 0 saturated heterocycles. The summed E-state index contributed by atoms with van der Waals surface area (Å²) in [6, 6.07) is 0.905. The second-order valence-corrected chi connectivity index (χ2v) is 3.94. The van der Waals surface area contributed by atoms with Crippen molar-refractivity contribution in [3.05, 3.63) is 0 Å². The molecule has 0 spiro atoms. The van der Waals surface area contributed by atoms with Gasteiger partial charge in [-0.15, -0.1) is 0 Å². The molecule has 0 saturated carbocycles. The van der Waals surface area contributed by atoms with Crippen LogP contribution in [0.3, 0.4) is 0 Å². The van der Waals surface area contributed by atoms with E-state index in [0.29, 0.717) is 18.0 Å². The number of nitrogens with zero attached hydrogens (tertiary/aromatic N) is 1. The molecule has 2 nitrogen and oxygen atoms in total. The Morgan fingerprint density at radius 2 is 1.64 bits per heavy atom. The topological polar surface area (TPSA) is 29.3 Å². The molecule has 0 radical (unpaired) electrons. The molecule has 68 valence electrons. The summed E-state index contributed by atoms with van der Waals surface area (Å²) >= 11 is 0. The van der Waals surface area contributed by atoms with Crippen molar-refractivity contribution in [2.24, 2.45) is 11.7 Å². The lowest BCUT2D eigenvalue weighted by Gasteiger charge is -2.26. The molecule has 0 bridgehead atoms. The lowest BCUT2D eigenvalue weighted by atomic mass is 10.1. The van der Waals surface area contributed by atoms with Crippen LogP contribution < -0.4 is 5.73 Å². The Kier molecular flexibility index (Phi) is 4.69. The fourth-order valence-electron chi connectivity index (χ4n) is 0.754. The van der Waals surface area contributed by atoms with Crippen molar-refractivity contribution in [2.45, 2.75) is 39.8 Å². The molecule has 0 unspecified atom stereocenters. The number of hydrogen-bond donors (Lipinski definition) is 1. The second kappa shape index (κ2) is 4.73. The normalized spacial score (nSPS) is 15.0. The van der Waals surface area contributed by atoms with Gasteiger partial charge in [0.15, 0.2) is 0 Å². The Labute approximate surface area is 70.8 Å². The fraction of sp³-hybridized carbons (Fsp3) is 1.00. The van der Waals surface area contributed by atoms with Crippen LogP contribution >= 0.6 is 0 Å². The molecule has 1 atom stereocenters. The van der Waals surface area contributed by atoms with Crippen molar-refractivity contribution >= 4 is 0 Å². The predicted octanol–water partition coefficient (Wildman–Crippen LogP) is 1.31. The van der Waals surface area contributed by atoms with Gasteiger partial charge in [0.25, 0.3) is 0 Å². The van der Waals surface area contributed by atoms with Gasteiger partial charge in [-0.05, 0) is 26.8 Å². The van der Waals surface area contributed by atoms with Crippen LogP contribution in [0.15, 0.2) is 0 Å². The molecule has 0 aromatic carbocycles. The van der Waals surface area contributed by atoms with Crippen LogP contribution in [0, 0.1) is 5.92 Å². The van der Waals surface area contributed by atoms with Crippen molar-refractivity contribution in [1.82, 2.24) is 4.90 Å². The Morgan fingerprint density at radius 1 is 1.18 bits per heavy atom. The SMILES string of the molecule is CC(C)[C@H](N)CN(C)C(C)C. The highest BCUT2D eigenvalue weighted by Gasteiger charge is 2.11. The first-order valence-corrected chi connectivity index (χ1v) is 4.41. The molecule has 0 fully saturated rings. The minimum Gasteiger partial charge on any atom is -0.326 e. The third-order valence-electron chi connectivity index (χ3n) is 2.24. The highest BCUT2D eigenvalue weighted by molar-refractivity contribution is 4.70. The maximum absolute atomic E-state index is 5.91. The standard InChI is InChI=1S/C9H22N2/c1-7(2)9(10)6-11(5)8(3)4/h7-9H,6,10H2,1-5H3/t9-/m1/s1.